The van der Waals surface area contributed by atoms with Crippen LogP contribution in [-0.4, -0.2) is 10.1 Å². The third kappa shape index (κ3) is 3.20. The van der Waals surface area contributed by atoms with Crippen LogP contribution in [0, 0.1) is 6.92 Å². The molecule has 0 aliphatic heterocycles. The second-order valence-corrected chi connectivity index (χ2v) is 4.74. The molecule has 0 saturated carbocycles. The predicted molar refractivity (Wildman–Crippen MR) is 72.1 cm³/mol. The molecule has 1 aromatic heterocycles. The van der Waals surface area contributed by atoms with Gasteiger partial charge in [-0.2, -0.15) is 0 Å². The minimum absolute atomic E-state index is 0.287. The Morgan fingerprint density at radius 2 is 2.12 bits per heavy atom. The van der Waals surface area contributed by atoms with Gasteiger partial charge in [0, 0.05) is 16.4 Å². The maximum Gasteiger partial charge on any atom is 0.115 e. The maximum atomic E-state index is 9.31. The summed E-state index contributed by atoms with van der Waals surface area (Å²) in [6.45, 7) is 2.62. The molecule has 0 aliphatic rings. The molecule has 0 unspecified atom stereocenters. The minimum atomic E-state index is 0.287. The topological polar surface area (TPSA) is 45.1 Å². The third-order valence-corrected chi connectivity index (χ3v) is 2.93. The zero-order valence-electron chi connectivity index (χ0n) is 9.44. The molecule has 1 aromatic carbocycles. The first kappa shape index (κ1) is 11.9. The summed E-state index contributed by atoms with van der Waals surface area (Å²) in [6.07, 6.45) is 1.78. The summed E-state index contributed by atoms with van der Waals surface area (Å²) in [6, 6.07) is 9.20. The standard InChI is InChI=1S/C13H13BrN2O/c1-9-6-12(17)4-5-13(9)16-8-11-3-2-10(14)7-15-11/h2-7,16-17H,8H2,1H3. The number of halogens is 1. The van der Waals surface area contributed by atoms with Crippen molar-refractivity contribution in [2.45, 2.75) is 13.5 Å². The van der Waals surface area contributed by atoms with Crippen molar-refractivity contribution in [3.63, 3.8) is 0 Å². The molecule has 2 N–H and O–H groups in total. The molecular formula is C13H13BrN2O. The van der Waals surface area contributed by atoms with Gasteiger partial charge in [0.2, 0.25) is 0 Å². The van der Waals surface area contributed by atoms with Crippen LogP contribution in [0.4, 0.5) is 5.69 Å². The van der Waals surface area contributed by atoms with E-state index in [1.807, 2.05) is 25.1 Å². The molecule has 2 aromatic rings. The van der Waals surface area contributed by atoms with E-state index in [1.165, 1.54) is 0 Å². The lowest BCUT2D eigenvalue weighted by Gasteiger charge is -2.09. The van der Waals surface area contributed by atoms with Gasteiger partial charge in [0.1, 0.15) is 5.75 Å². The Kier molecular flexibility index (Phi) is 3.64. The fourth-order valence-corrected chi connectivity index (χ4v) is 1.78. The van der Waals surface area contributed by atoms with Gasteiger partial charge >= 0.3 is 0 Å². The second-order valence-electron chi connectivity index (χ2n) is 3.82. The summed E-state index contributed by atoms with van der Waals surface area (Å²) < 4.78 is 0.974. The van der Waals surface area contributed by atoms with Crippen LogP contribution in [0.5, 0.6) is 5.75 Å². The SMILES string of the molecule is Cc1cc(O)ccc1NCc1ccc(Br)cn1. The Bertz CT molecular complexity index is 511. The lowest BCUT2D eigenvalue weighted by molar-refractivity contribution is 0.475. The van der Waals surface area contributed by atoms with Crippen LogP contribution in [0.1, 0.15) is 11.3 Å². The summed E-state index contributed by atoms with van der Waals surface area (Å²) >= 11 is 3.35. The summed E-state index contributed by atoms with van der Waals surface area (Å²) in [5, 5.41) is 12.6. The Labute approximate surface area is 109 Å². The van der Waals surface area contributed by atoms with Gasteiger partial charge in [-0.25, -0.2) is 0 Å². The highest BCUT2D eigenvalue weighted by Gasteiger charge is 2.00. The highest BCUT2D eigenvalue weighted by atomic mass is 79.9. The number of aromatic nitrogens is 1. The normalized spacial score (nSPS) is 10.2. The molecule has 0 spiro atoms. The van der Waals surface area contributed by atoms with Crippen molar-refractivity contribution >= 4 is 21.6 Å². The Morgan fingerprint density at radius 1 is 1.29 bits per heavy atom. The molecule has 0 fully saturated rings. The van der Waals surface area contributed by atoms with E-state index in [-0.39, 0.29) is 5.75 Å². The lowest BCUT2D eigenvalue weighted by Crippen LogP contribution is -2.02. The number of phenols is 1. The van der Waals surface area contributed by atoms with Gasteiger partial charge in [-0.1, -0.05) is 0 Å². The van der Waals surface area contributed by atoms with Crippen molar-refractivity contribution < 1.29 is 5.11 Å². The molecule has 2 rings (SSSR count). The first-order valence-electron chi connectivity index (χ1n) is 5.29. The average Bonchev–Trinajstić information content (AvgIpc) is 2.30. The van der Waals surface area contributed by atoms with Crippen LogP contribution in [0.2, 0.25) is 0 Å². The van der Waals surface area contributed by atoms with Gasteiger partial charge in [-0.05, 0) is 58.7 Å². The van der Waals surface area contributed by atoms with E-state index < -0.39 is 0 Å². The van der Waals surface area contributed by atoms with Gasteiger partial charge in [-0.3, -0.25) is 4.98 Å². The second kappa shape index (κ2) is 5.19. The molecule has 3 nitrogen and oxygen atoms in total. The lowest BCUT2D eigenvalue weighted by atomic mass is 10.2. The van der Waals surface area contributed by atoms with E-state index in [2.05, 4.69) is 26.2 Å². The number of benzene rings is 1. The van der Waals surface area contributed by atoms with Crippen LogP contribution in [-0.2, 0) is 6.54 Å². The summed E-state index contributed by atoms with van der Waals surface area (Å²) in [5.41, 5.74) is 3.00. The number of rotatable bonds is 3. The number of aromatic hydroxyl groups is 1. The van der Waals surface area contributed by atoms with Crippen LogP contribution in [0.3, 0.4) is 0 Å². The molecule has 88 valence electrons. The number of phenolic OH excluding ortho intramolecular Hbond substituents is 1. The first-order chi connectivity index (χ1) is 8.15. The minimum Gasteiger partial charge on any atom is -0.508 e. The molecule has 1 heterocycles. The maximum absolute atomic E-state index is 9.31. The monoisotopic (exact) mass is 292 g/mol. The van der Waals surface area contributed by atoms with E-state index in [9.17, 15) is 5.11 Å². The Morgan fingerprint density at radius 3 is 2.76 bits per heavy atom. The van der Waals surface area contributed by atoms with Crippen molar-refractivity contribution in [1.29, 1.82) is 0 Å². The number of hydrogen-bond donors (Lipinski definition) is 2. The predicted octanol–water partition coefficient (Wildman–Crippen LogP) is 3.47. The van der Waals surface area contributed by atoms with Crippen LogP contribution in [0.25, 0.3) is 0 Å². The molecule has 0 aliphatic carbocycles. The molecule has 0 atom stereocenters. The molecule has 0 saturated heterocycles. The largest absolute Gasteiger partial charge is 0.508 e. The number of nitrogens with one attached hydrogen (secondary N) is 1. The van der Waals surface area contributed by atoms with Crippen molar-refractivity contribution in [2.24, 2.45) is 0 Å². The molecular weight excluding hydrogens is 280 g/mol. The van der Waals surface area contributed by atoms with Crippen molar-refractivity contribution in [2.75, 3.05) is 5.32 Å². The summed E-state index contributed by atoms with van der Waals surface area (Å²) in [7, 11) is 0. The van der Waals surface area contributed by atoms with Gasteiger partial charge < -0.3 is 10.4 Å². The van der Waals surface area contributed by atoms with Crippen molar-refractivity contribution in [3.05, 3.63) is 52.3 Å². The number of hydrogen-bond acceptors (Lipinski definition) is 3. The molecule has 0 bridgehead atoms. The van der Waals surface area contributed by atoms with Crippen LogP contribution in [0.15, 0.2) is 41.0 Å². The van der Waals surface area contributed by atoms with Crippen molar-refractivity contribution in [1.82, 2.24) is 4.98 Å². The highest BCUT2D eigenvalue weighted by molar-refractivity contribution is 9.10. The molecule has 0 amide bonds. The zero-order valence-corrected chi connectivity index (χ0v) is 11.0. The fraction of sp³-hybridized carbons (Fsp3) is 0.154. The fourth-order valence-electron chi connectivity index (χ4n) is 1.54. The molecule has 0 radical (unpaired) electrons. The number of nitrogens with zero attached hydrogens (tertiary/aromatic N) is 1. The zero-order chi connectivity index (χ0) is 12.3. The Balaban J connectivity index is 2.04. The number of aryl methyl sites for hydroxylation is 1. The van der Waals surface area contributed by atoms with E-state index in [0.717, 1.165) is 21.4 Å². The average molecular weight is 293 g/mol. The van der Waals surface area contributed by atoms with Crippen LogP contribution >= 0.6 is 15.9 Å². The smallest absolute Gasteiger partial charge is 0.115 e. The van der Waals surface area contributed by atoms with Gasteiger partial charge in [-0.15, -0.1) is 0 Å². The summed E-state index contributed by atoms with van der Waals surface area (Å²) in [5.74, 6) is 0.287. The van der Waals surface area contributed by atoms with E-state index in [4.69, 9.17) is 0 Å². The molecule has 4 heteroatoms. The molecule has 17 heavy (non-hydrogen) atoms. The number of anilines is 1. The highest BCUT2D eigenvalue weighted by Crippen LogP contribution is 2.20. The first-order valence-corrected chi connectivity index (χ1v) is 6.08. The third-order valence-electron chi connectivity index (χ3n) is 2.46. The summed E-state index contributed by atoms with van der Waals surface area (Å²) in [4.78, 5) is 4.28. The van der Waals surface area contributed by atoms with E-state index >= 15 is 0 Å². The quantitative estimate of drug-likeness (QED) is 0.852. The number of pyridine rings is 1. The Hall–Kier alpha value is -1.55. The van der Waals surface area contributed by atoms with Crippen molar-refractivity contribution in [3.8, 4) is 5.75 Å². The van der Waals surface area contributed by atoms with Gasteiger partial charge in [0.25, 0.3) is 0 Å². The van der Waals surface area contributed by atoms with Crippen LogP contribution < -0.4 is 5.32 Å². The van der Waals surface area contributed by atoms with E-state index in [1.54, 1.807) is 18.3 Å². The van der Waals surface area contributed by atoms with Gasteiger partial charge in [0.15, 0.2) is 0 Å². The van der Waals surface area contributed by atoms with Gasteiger partial charge in [0.05, 0.1) is 12.2 Å². The van der Waals surface area contributed by atoms with E-state index in [0.29, 0.717) is 6.54 Å².